The molecule has 0 amide bonds. The average molecular weight is 1060 g/mol. The van der Waals surface area contributed by atoms with Crippen LogP contribution in [0.4, 0.5) is 0 Å². The molecule has 5 nitrogen and oxygen atoms in total. The summed E-state index contributed by atoms with van der Waals surface area (Å²) in [5, 5.41) is 6.49. The molecule has 0 atom stereocenters. The smallest absolute Gasteiger partial charge is 0.136 e. The van der Waals surface area contributed by atoms with E-state index in [1.807, 2.05) is 54.7 Å². The largest absolute Gasteiger partial charge is 0.501 e. The van der Waals surface area contributed by atoms with E-state index in [9.17, 15) is 0 Å². The van der Waals surface area contributed by atoms with E-state index in [-0.39, 0.29) is 37.4 Å². The Bertz CT molecular complexity index is 3770. The molecule has 0 aliphatic carbocycles. The Morgan fingerprint density at radius 1 is 0.559 bits per heavy atom. The van der Waals surface area contributed by atoms with Gasteiger partial charge in [-0.3, -0.25) is 4.98 Å². The summed E-state index contributed by atoms with van der Waals surface area (Å²) >= 11 is 0. The molecule has 0 saturated carbocycles. The van der Waals surface area contributed by atoms with E-state index in [4.69, 9.17) is 13.8 Å². The molecule has 1 radical (unpaired) electrons. The molecule has 12 rings (SSSR count). The first-order valence-electron chi connectivity index (χ1n) is 23.3. The molecule has 0 spiro atoms. The molecule has 0 N–H and O–H groups in total. The number of nitrogens with zero attached hydrogens (tertiary/aromatic N) is 3. The van der Waals surface area contributed by atoms with Gasteiger partial charge in [0.2, 0.25) is 0 Å². The van der Waals surface area contributed by atoms with Crippen LogP contribution >= 0.6 is 0 Å². The quantitative estimate of drug-likeness (QED) is 0.156. The summed E-state index contributed by atoms with van der Waals surface area (Å²) in [5.41, 5.74) is 15.8. The number of para-hydroxylation sites is 1. The summed E-state index contributed by atoms with van der Waals surface area (Å²) in [6.45, 7) is 15.8. The molecule has 4 aromatic heterocycles. The fraction of sp³-hybridized carbons (Fsp3) is 0.161. The van der Waals surface area contributed by atoms with Gasteiger partial charge in [0.1, 0.15) is 16.7 Å². The summed E-state index contributed by atoms with van der Waals surface area (Å²) < 4.78 is 15.5. The van der Waals surface area contributed by atoms with Crippen LogP contribution in [0.2, 0.25) is 0 Å². The van der Waals surface area contributed by atoms with E-state index >= 15 is 0 Å². The number of furan rings is 2. The Morgan fingerprint density at radius 2 is 1.22 bits per heavy atom. The molecule has 0 unspecified atom stereocenters. The predicted molar refractivity (Wildman–Crippen MR) is 278 cm³/mol. The third kappa shape index (κ3) is 8.02. The van der Waals surface area contributed by atoms with Crippen LogP contribution in [0.25, 0.3) is 105 Å². The summed E-state index contributed by atoms with van der Waals surface area (Å²) in [7, 11) is 0. The van der Waals surface area contributed by atoms with Crippen molar-refractivity contribution in [3.05, 3.63) is 199 Å². The van der Waals surface area contributed by atoms with Crippen LogP contribution in [0.3, 0.4) is 0 Å². The Morgan fingerprint density at radius 3 is 1.93 bits per heavy atom. The van der Waals surface area contributed by atoms with Gasteiger partial charge in [0.25, 0.3) is 0 Å². The zero-order valence-electron chi connectivity index (χ0n) is 39.3. The standard InChI is InChI=1S/C47H35N2O2.C15H16N.Ir/c1-27(2)36-21-32(29-13-6-5-7-14-29)22-37(28(3)4)45(36)49-41-24-31-16-9-8-15-30(31)23-40(41)48-47(49)35-19-12-18-34-39-26-43-38(25-44(39)51-46(34)35)33-17-10-11-20-42(33)50-43;1-15(2,3)13-9-10-16-14(11-13)12-7-5-4-6-8-12;/h5-18,20-28H,1-4H3;4-7,9-11H,1-3H3;/q2*-1;. The second kappa shape index (κ2) is 17.8. The number of imidazole rings is 1. The van der Waals surface area contributed by atoms with Crippen molar-refractivity contribution >= 4 is 65.7 Å². The van der Waals surface area contributed by atoms with Gasteiger partial charge in [0.15, 0.2) is 0 Å². The second-order valence-electron chi connectivity index (χ2n) is 19.2. The number of rotatable bonds is 6. The third-order valence-electron chi connectivity index (χ3n) is 13.0. The van der Waals surface area contributed by atoms with Crippen molar-refractivity contribution in [3.8, 4) is 39.5 Å². The van der Waals surface area contributed by atoms with Gasteiger partial charge in [0.05, 0.1) is 22.4 Å². The van der Waals surface area contributed by atoms with E-state index in [0.717, 1.165) is 82.9 Å². The van der Waals surface area contributed by atoms with Crippen molar-refractivity contribution in [2.75, 3.05) is 0 Å². The minimum Gasteiger partial charge on any atom is -0.501 e. The molecule has 0 saturated heterocycles. The molecule has 337 valence electrons. The topological polar surface area (TPSA) is 57.0 Å². The van der Waals surface area contributed by atoms with E-state index in [1.54, 1.807) is 0 Å². The van der Waals surface area contributed by atoms with Gasteiger partial charge in [-0.15, -0.1) is 54.1 Å². The summed E-state index contributed by atoms with van der Waals surface area (Å²) in [5.74, 6) is 1.32. The molecule has 0 aliphatic heterocycles. The minimum atomic E-state index is 0. The molecule has 12 aromatic rings. The SMILES string of the molecule is CC(C)(C)c1ccnc(-c2[c-]cccc2)c1.CC(C)c1cc(-c2ccccc2)cc(C(C)C)c1-n1c(-c2[c-]ccc3c2oc2cc4c(cc23)oc2ccccc24)nc2cc3ccccc3cc21.[Ir]. The molecular weight excluding hydrogens is 1010 g/mol. The Kier molecular flexibility index (Phi) is 11.7. The fourth-order valence-electron chi connectivity index (χ4n) is 9.49. The van der Waals surface area contributed by atoms with Gasteiger partial charge in [0, 0.05) is 48.1 Å². The first-order valence-corrected chi connectivity index (χ1v) is 23.3. The third-order valence-corrected chi connectivity index (χ3v) is 13.0. The number of benzene rings is 8. The molecule has 0 fully saturated rings. The van der Waals surface area contributed by atoms with Gasteiger partial charge < -0.3 is 18.4 Å². The number of hydrogen-bond donors (Lipinski definition) is 0. The Hall–Kier alpha value is -7.11. The van der Waals surface area contributed by atoms with Crippen molar-refractivity contribution in [2.45, 2.75) is 65.7 Å². The van der Waals surface area contributed by atoms with Crippen LogP contribution in [0.5, 0.6) is 0 Å². The number of fused-ring (bicyclic) bond motifs is 8. The molecule has 4 heterocycles. The van der Waals surface area contributed by atoms with E-state index < -0.39 is 0 Å². The maximum Gasteiger partial charge on any atom is 0.136 e. The van der Waals surface area contributed by atoms with Crippen molar-refractivity contribution in [3.63, 3.8) is 0 Å². The van der Waals surface area contributed by atoms with Crippen LogP contribution in [0.15, 0.2) is 179 Å². The van der Waals surface area contributed by atoms with Gasteiger partial charge in [-0.25, -0.2) is 0 Å². The average Bonchev–Trinajstić information content (AvgIpc) is 4.03. The molecule has 6 heteroatoms. The monoisotopic (exact) mass is 1060 g/mol. The molecule has 8 aromatic carbocycles. The number of hydrogen-bond acceptors (Lipinski definition) is 4. The Labute approximate surface area is 410 Å². The molecular formula is C62H51IrN3O2-2. The van der Waals surface area contributed by atoms with E-state index in [1.165, 1.54) is 38.9 Å². The van der Waals surface area contributed by atoms with Gasteiger partial charge in [-0.05, 0) is 110 Å². The summed E-state index contributed by atoms with van der Waals surface area (Å²) in [4.78, 5) is 9.84. The van der Waals surface area contributed by atoms with Crippen LogP contribution in [0.1, 0.15) is 77.0 Å². The van der Waals surface area contributed by atoms with Crippen LogP contribution in [0, 0.1) is 12.1 Å². The molecule has 0 bridgehead atoms. The Balaban J connectivity index is 0.000000270. The fourth-order valence-corrected chi connectivity index (χ4v) is 9.49. The summed E-state index contributed by atoms with van der Waals surface area (Å²) in [6, 6.07) is 63.9. The van der Waals surface area contributed by atoms with Crippen LogP contribution in [-0.2, 0) is 25.5 Å². The first kappa shape index (κ1) is 44.7. The summed E-state index contributed by atoms with van der Waals surface area (Å²) in [6.07, 6.45) is 1.87. The normalized spacial score (nSPS) is 11.9. The molecule has 0 aliphatic rings. The van der Waals surface area contributed by atoms with Crippen LogP contribution in [-0.4, -0.2) is 14.5 Å². The molecule has 68 heavy (non-hydrogen) atoms. The van der Waals surface area contributed by atoms with Crippen molar-refractivity contribution < 1.29 is 28.9 Å². The van der Waals surface area contributed by atoms with Crippen molar-refractivity contribution in [2.24, 2.45) is 0 Å². The van der Waals surface area contributed by atoms with Gasteiger partial charge in [-0.2, -0.15) is 0 Å². The van der Waals surface area contributed by atoms with Gasteiger partial charge >= 0.3 is 0 Å². The first-order chi connectivity index (χ1) is 32.5. The van der Waals surface area contributed by atoms with Crippen molar-refractivity contribution in [1.29, 1.82) is 0 Å². The maximum atomic E-state index is 6.83. The van der Waals surface area contributed by atoms with Crippen LogP contribution < -0.4 is 0 Å². The minimum absolute atomic E-state index is 0. The second-order valence-corrected chi connectivity index (χ2v) is 19.2. The number of pyridine rings is 1. The van der Waals surface area contributed by atoms with Crippen molar-refractivity contribution in [1.82, 2.24) is 14.5 Å². The zero-order valence-corrected chi connectivity index (χ0v) is 41.7. The number of aromatic nitrogens is 3. The predicted octanol–water partition coefficient (Wildman–Crippen LogP) is 17.2. The van der Waals surface area contributed by atoms with E-state index in [0.29, 0.717) is 0 Å². The van der Waals surface area contributed by atoms with E-state index in [2.05, 4.69) is 185 Å². The zero-order chi connectivity index (χ0) is 46.0. The van der Waals surface area contributed by atoms with Gasteiger partial charge in [-0.1, -0.05) is 138 Å². The maximum absolute atomic E-state index is 6.83.